The molecular weight excluding hydrogens is 180 g/mol. The number of ether oxygens (including phenoxy) is 3. The molecule has 0 aromatic heterocycles. The molecule has 14 heavy (non-hydrogen) atoms. The van der Waals surface area contributed by atoms with E-state index in [1.807, 2.05) is 13.0 Å². The molecule has 3 heteroatoms. The van der Waals surface area contributed by atoms with Crippen LogP contribution in [-0.4, -0.2) is 33.2 Å². The lowest BCUT2D eigenvalue weighted by molar-refractivity contribution is -0.196. The Morgan fingerprint density at radius 1 is 1.43 bits per heavy atom. The van der Waals surface area contributed by atoms with Gasteiger partial charge in [0.15, 0.2) is 6.29 Å². The van der Waals surface area contributed by atoms with Crippen molar-refractivity contribution in [1.29, 1.82) is 0 Å². The molecule has 0 N–H and O–H groups in total. The summed E-state index contributed by atoms with van der Waals surface area (Å²) in [5.74, 6) is 0.315. The number of rotatable bonds is 4. The molecule has 0 aliphatic carbocycles. The van der Waals surface area contributed by atoms with Gasteiger partial charge >= 0.3 is 0 Å². The van der Waals surface area contributed by atoms with Gasteiger partial charge in [0.1, 0.15) is 0 Å². The van der Waals surface area contributed by atoms with E-state index in [0.717, 1.165) is 19.4 Å². The minimum absolute atomic E-state index is 0.102. The first kappa shape index (κ1) is 11.7. The van der Waals surface area contributed by atoms with E-state index in [4.69, 9.17) is 14.2 Å². The molecule has 1 rings (SSSR count). The molecule has 0 bridgehead atoms. The zero-order valence-electron chi connectivity index (χ0n) is 9.23. The second-order valence-corrected chi connectivity index (χ2v) is 3.51. The molecule has 1 fully saturated rings. The van der Waals surface area contributed by atoms with Gasteiger partial charge in [0.2, 0.25) is 0 Å². The summed E-state index contributed by atoms with van der Waals surface area (Å²) in [5.41, 5.74) is 0. The summed E-state index contributed by atoms with van der Waals surface area (Å²) in [6.45, 7) is 2.79. The van der Waals surface area contributed by atoms with Gasteiger partial charge in [-0.2, -0.15) is 0 Å². The van der Waals surface area contributed by atoms with Crippen molar-refractivity contribution in [2.24, 2.45) is 5.92 Å². The maximum Gasteiger partial charge on any atom is 0.162 e. The summed E-state index contributed by atoms with van der Waals surface area (Å²) >= 11 is 0. The van der Waals surface area contributed by atoms with E-state index >= 15 is 0 Å². The quantitative estimate of drug-likeness (QED) is 0.649. The highest BCUT2D eigenvalue weighted by Crippen LogP contribution is 2.26. The Kier molecular flexibility index (Phi) is 5.15. The van der Waals surface area contributed by atoms with Crippen molar-refractivity contribution < 1.29 is 14.2 Å². The van der Waals surface area contributed by atoms with Crippen LogP contribution in [0.25, 0.3) is 0 Å². The van der Waals surface area contributed by atoms with Crippen molar-refractivity contribution in [1.82, 2.24) is 0 Å². The van der Waals surface area contributed by atoms with Gasteiger partial charge in [-0.05, 0) is 19.8 Å². The van der Waals surface area contributed by atoms with E-state index in [0.29, 0.717) is 5.92 Å². The largest absolute Gasteiger partial charge is 0.377 e. The van der Waals surface area contributed by atoms with Crippen LogP contribution < -0.4 is 0 Å². The highest BCUT2D eigenvalue weighted by Gasteiger charge is 2.31. The Morgan fingerprint density at radius 2 is 2.21 bits per heavy atom. The zero-order chi connectivity index (χ0) is 10.4. The summed E-state index contributed by atoms with van der Waals surface area (Å²) < 4.78 is 16.2. The average Bonchev–Trinajstić information content (AvgIpc) is 2.26. The van der Waals surface area contributed by atoms with Gasteiger partial charge in [-0.15, -0.1) is 0 Å². The summed E-state index contributed by atoms with van der Waals surface area (Å²) in [6, 6.07) is 0. The van der Waals surface area contributed by atoms with E-state index in [1.165, 1.54) is 0 Å². The molecule has 3 atom stereocenters. The van der Waals surface area contributed by atoms with Gasteiger partial charge in [0.25, 0.3) is 0 Å². The van der Waals surface area contributed by atoms with Gasteiger partial charge in [-0.3, -0.25) is 0 Å². The number of methoxy groups -OCH3 is 2. The number of hydrogen-bond acceptors (Lipinski definition) is 3. The minimum Gasteiger partial charge on any atom is -0.377 e. The molecule has 1 aliphatic heterocycles. The van der Waals surface area contributed by atoms with E-state index < -0.39 is 0 Å². The van der Waals surface area contributed by atoms with Crippen molar-refractivity contribution in [3.8, 4) is 0 Å². The fourth-order valence-electron chi connectivity index (χ4n) is 1.93. The maximum absolute atomic E-state index is 5.53. The Morgan fingerprint density at radius 3 is 2.79 bits per heavy atom. The fraction of sp³-hybridized carbons (Fsp3) is 0.818. The highest BCUT2D eigenvalue weighted by molar-refractivity contribution is 4.93. The molecule has 0 aromatic rings. The van der Waals surface area contributed by atoms with Crippen molar-refractivity contribution in [3.05, 3.63) is 12.2 Å². The van der Waals surface area contributed by atoms with Gasteiger partial charge < -0.3 is 14.2 Å². The van der Waals surface area contributed by atoms with Crippen molar-refractivity contribution in [2.45, 2.75) is 32.2 Å². The Balaban J connectivity index is 2.60. The Labute approximate surface area is 86.0 Å². The van der Waals surface area contributed by atoms with Crippen LogP contribution in [0.2, 0.25) is 0 Å². The monoisotopic (exact) mass is 200 g/mol. The van der Waals surface area contributed by atoms with Crippen LogP contribution in [0, 0.1) is 5.92 Å². The molecule has 82 valence electrons. The second-order valence-electron chi connectivity index (χ2n) is 3.51. The lowest BCUT2D eigenvalue weighted by Crippen LogP contribution is -2.38. The third kappa shape index (κ3) is 2.80. The van der Waals surface area contributed by atoms with Crippen molar-refractivity contribution in [3.63, 3.8) is 0 Å². The topological polar surface area (TPSA) is 27.7 Å². The van der Waals surface area contributed by atoms with Crippen molar-refractivity contribution >= 4 is 0 Å². The summed E-state index contributed by atoms with van der Waals surface area (Å²) in [6.07, 6.45) is 6.24. The maximum atomic E-state index is 5.53. The molecule has 3 nitrogen and oxygen atoms in total. The van der Waals surface area contributed by atoms with Crippen LogP contribution in [0.1, 0.15) is 19.8 Å². The Hall–Kier alpha value is -0.380. The lowest BCUT2D eigenvalue weighted by atomic mass is 9.93. The highest BCUT2D eigenvalue weighted by atomic mass is 16.7. The molecule has 0 amide bonds. The summed E-state index contributed by atoms with van der Waals surface area (Å²) in [5, 5.41) is 0. The third-order valence-corrected chi connectivity index (χ3v) is 2.62. The number of hydrogen-bond donors (Lipinski definition) is 0. The lowest BCUT2D eigenvalue weighted by Gasteiger charge is -2.34. The summed E-state index contributed by atoms with van der Waals surface area (Å²) in [7, 11) is 3.41. The molecule has 1 saturated heterocycles. The molecule has 1 aliphatic rings. The number of allylic oxidation sites excluding steroid dienone is 1. The van der Waals surface area contributed by atoms with Crippen LogP contribution in [0.3, 0.4) is 0 Å². The fourth-order valence-corrected chi connectivity index (χ4v) is 1.93. The smallest absolute Gasteiger partial charge is 0.162 e. The predicted octanol–water partition coefficient (Wildman–Crippen LogP) is 1.98. The average molecular weight is 200 g/mol. The predicted molar refractivity (Wildman–Crippen MR) is 55.1 cm³/mol. The van der Waals surface area contributed by atoms with Crippen LogP contribution in [0.15, 0.2) is 12.2 Å². The van der Waals surface area contributed by atoms with E-state index in [1.54, 1.807) is 14.2 Å². The normalized spacial score (nSPS) is 30.8. The first-order valence-electron chi connectivity index (χ1n) is 5.13. The van der Waals surface area contributed by atoms with Crippen LogP contribution in [0.4, 0.5) is 0 Å². The minimum atomic E-state index is -0.120. The zero-order valence-corrected chi connectivity index (χ0v) is 9.23. The third-order valence-electron chi connectivity index (χ3n) is 2.62. The molecule has 0 radical (unpaired) electrons. The molecule has 0 spiro atoms. The molecular formula is C11H20O3. The molecule has 0 saturated carbocycles. The Bertz CT molecular complexity index is 179. The first-order valence-corrected chi connectivity index (χ1v) is 5.13. The first-order chi connectivity index (χ1) is 6.83. The van der Waals surface area contributed by atoms with E-state index in [2.05, 4.69) is 6.08 Å². The van der Waals surface area contributed by atoms with Gasteiger partial charge in [-0.25, -0.2) is 0 Å². The van der Waals surface area contributed by atoms with Crippen LogP contribution >= 0.6 is 0 Å². The second kappa shape index (κ2) is 6.17. The SMILES string of the molecule is C/C=C/C(OC)C1CCCOC1OC. The summed E-state index contributed by atoms with van der Waals surface area (Å²) in [4.78, 5) is 0. The standard InChI is InChI=1S/C11H20O3/c1-4-6-10(12-2)9-7-5-8-14-11(9)13-3/h4,6,9-11H,5,7-8H2,1-3H3/b6-4+. The van der Waals surface area contributed by atoms with Crippen molar-refractivity contribution in [2.75, 3.05) is 20.8 Å². The molecule has 0 aromatic carbocycles. The molecule has 1 heterocycles. The van der Waals surface area contributed by atoms with E-state index in [9.17, 15) is 0 Å². The van der Waals surface area contributed by atoms with E-state index in [-0.39, 0.29) is 12.4 Å². The van der Waals surface area contributed by atoms with Gasteiger partial charge in [-0.1, -0.05) is 12.2 Å². The van der Waals surface area contributed by atoms with Crippen LogP contribution in [-0.2, 0) is 14.2 Å². The van der Waals surface area contributed by atoms with Crippen LogP contribution in [0.5, 0.6) is 0 Å². The molecule has 3 unspecified atom stereocenters. The van der Waals surface area contributed by atoms with Gasteiger partial charge in [0, 0.05) is 26.7 Å². The van der Waals surface area contributed by atoms with Gasteiger partial charge in [0.05, 0.1) is 6.10 Å².